The van der Waals surface area contributed by atoms with E-state index in [1.807, 2.05) is 0 Å². The second-order valence-electron chi connectivity index (χ2n) is 5.10. The highest BCUT2D eigenvalue weighted by atomic mass is 16.3. The third-order valence-corrected chi connectivity index (χ3v) is 3.49. The summed E-state index contributed by atoms with van der Waals surface area (Å²) in [5.74, 6) is 0.819. The fourth-order valence-electron chi connectivity index (χ4n) is 2.25. The Hall–Kier alpha value is -0.610. The van der Waals surface area contributed by atoms with Crippen LogP contribution in [-0.4, -0.2) is 36.2 Å². The first kappa shape index (κ1) is 11.9. The quantitative estimate of drug-likeness (QED) is 0.636. The van der Waals surface area contributed by atoms with Crippen molar-refractivity contribution in [1.82, 2.24) is 10.6 Å². The largest absolute Gasteiger partial charge is 0.391 e. The van der Waals surface area contributed by atoms with Crippen LogP contribution in [0.15, 0.2) is 0 Å². The Kier molecular flexibility index (Phi) is 4.18. The van der Waals surface area contributed by atoms with Gasteiger partial charge in [0.2, 0.25) is 5.91 Å². The second kappa shape index (κ2) is 5.64. The van der Waals surface area contributed by atoms with Gasteiger partial charge >= 0.3 is 0 Å². The first-order valence-corrected chi connectivity index (χ1v) is 6.44. The molecule has 0 aromatic rings. The summed E-state index contributed by atoms with van der Waals surface area (Å²) in [5.41, 5.74) is 0. The summed E-state index contributed by atoms with van der Waals surface area (Å²) in [6, 6.07) is -0.0241. The van der Waals surface area contributed by atoms with Gasteiger partial charge in [-0.3, -0.25) is 4.79 Å². The van der Waals surface area contributed by atoms with Crippen LogP contribution >= 0.6 is 0 Å². The standard InChI is InChI=1S/C12H22N2O2/c15-11-4-2-1-3-10(11)14-12(16)8-13-7-9-5-6-9/h9-11,13,15H,1-8H2,(H,14,16)/t10-,11-/m0/s1. The molecule has 2 aliphatic carbocycles. The summed E-state index contributed by atoms with van der Waals surface area (Å²) in [6.07, 6.45) is 6.17. The normalized spacial score (nSPS) is 30.1. The SMILES string of the molecule is O=C(CNCC1CC1)N[C@H]1CCCC[C@@H]1O. The maximum atomic E-state index is 11.6. The Balaban J connectivity index is 1.60. The van der Waals surface area contributed by atoms with Gasteiger partial charge in [-0.2, -0.15) is 0 Å². The Morgan fingerprint density at radius 3 is 2.62 bits per heavy atom. The molecule has 1 amide bonds. The maximum absolute atomic E-state index is 11.6. The van der Waals surface area contributed by atoms with Crippen molar-refractivity contribution >= 4 is 5.91 Å². The highest BCUT2D eigenvalue weighted by Crippen LogP contribution is 2.27. The summed E-state index contributed by atoms with van der Waals surface area (Å²) in [5, 5.41) is 15.8. The first-order chi connectivity index (χ1) is 7.75. The minimum Gasteiger partial charge on any atom is -0.391 e. The lowest BCUT2D eigenvalue weighted by Crippen LogP contribution is -2.47. The summed E-state index contributed by atoms with van der Waals surface area (Å²) >= 11 is 0. The van der Waals surface area contributed by atoms with E-state index in [2.05, 4.69) is 10.6 Å². The number of nitrogens with one attached hydrogen (secondary N) is 2. The molecule has 2 fully saturated rings. The lowest BCUT2D eigenvalue weighted by Gasteiger charge is -2.28. The number of hydrogen-bond donors (Lipinski definition) is 3. The van der Waals surface area contributed by atoms with E-state index < -0.39 is 0 Å². The molecule has 2 rings (SSSR count). The van der Waals surface area contributed by atoms with Crippen LogP contribution in [0.3, 0.4) is 0 Å². The van der Waals surface area contributed by atoms with Gasteiger partial charge in [0.25, 0.3) is 0 Å². The van der Waals surface area contributed by atoms with Crippen LogP contribution in [0.4, 0.5) is 0 Å². The average Bonchev–Trinajstić information content (AvgIpc) is 3.05. The van der Waals surface area contributed by atoms with E-state index >= 15 is 0 Å². The van der Waals surface area contributed by atoms with Gasteiger partial charge in [0, 0.05) is 0 Å². The molecular weight excluding hydrogens is 204 g/mol. The highest BCUT2D eigenvalue weighted by molar-refractivity contribution is 5.78. The van der Waals surface area contributed by atoms with Gasteiger partial charge in [-0.05, 0) is 38.1 Å². The number of carbonyl (C=O) groups excluding carboxylic acids is 1. The van der Waals surface area contributed by atoms with Gasteiger partial charge in [0.1, 0.15) is 0 Å². The van der Waals surface area contributed by atoms with E-state index in [1.165, 1.54) is 12.8 Å². The van der Waals surface area contributed by atoms with Crippen LogP contribution in [-0.2, 0) is 4.79 Å². The second-order valence-corrected chi connectivity index (χ2v) is 5.10. The predicted molar refractivity (Wildman–Crippen MR) is 62.0 cm³/mol. The van der Waals surface area contributed by atoms with Crippen molar-refractivity contribution in [2.24, 2.45) is 5.92 Å². The van der Waals surface area contributed by atoms with E-state index in [0.717, 1.165) is 38.1 Å². The molecule has 0 spiro atoms. The van der Waals surface area contributed by atoms with Crippen molar-refractivity contribution in [3.63, 3.8) is 0 Å². The minimum atomic E-state index is -0.346. The molecule has 0 bridgehead atoms. The number of carbonyl (C=O) groups is 1. The molecule has 0 unspecified atom stereocenters. The van der Waals surface area contributed by atoms with Crippen LogP contribution in [0.5, 0.6) is 0 Å². The molecule has 92 valence electrons. The van der Waals surface area contributed by atoms with E-state index in [1.54, 1.807) is 0 Å². The molecule has 0 radical (unpaired) electrons. The van der Waals surface area contributed by atoms with Crippen molar-refractivity contribution in [1.29, 1.82) is 0 Å². The molecule has 0 saturated heterocycles. The van der Waals surface area contributed by atoms with Crippen LogP contribution < -0.4 is 10.6 Å². The predicted octanol–water partition coefficient (Wildman–Crippen LogP) is 0.406. The van der Waals surface area contributed by atoms with E-state index in [4.69, 9.17) is 0 Å². The third-order valence-electron chi connectivity index (χ3n) is 3.49. The fourth-order valence-corrected chi connectivity index (χ4v) is 2.25. The van der Waals surface area contributed by atoms with Gasteiger partial charge in [-0.1, -0.05) is 12.8 Å². The highest BCUT2D eigenvalue weighted by Gasteiger charge is 2.24. The molecular formula is C12H22N2O2. The molecule has 0 heterocycles. The molecule has 2 saturated carbocycles. The number of aliphatic hydroxyl groups excluding tert-OH is 1. The lowest BCUT2D eigenvalue weighted by molar-refractivity contribution is -0.122. The maximum Gasteiger partial charge on any atom is 0.234 e. The van der Waals surface area contributed by atoms with Gasteiger partial charge < -0.3 is 15.7 Å². The Labute approximate surface area is 96.8 Å². The molecule has 0 aromatic heterocycles. The lowest BCUT2D eigenvalue weighted by atomic mass is 9.92. The molecule has 2 atom stereocenters. The Morgan fingerprint density at radius 2 is 1.94 bits per heavy atom. The molecule has 4 heteroatoms. The van der Waals surface area contributed by atoms with Crippen molar-refractivity contribution in [2.75, 3.05) is 13.1 Å². The number of amides is 1. The van der Waals surface area contributed by atoms with Crippen LogP contribution in [0.2, 0.25) is 0 Å². The number of rotatable bonds is 5. The summed E-state index contributed by atoms with van der Waals surface area (Å²) < 4.78 is 0. The van der Waals surface area contributed by atoms with E-state index in [9.17, 15) is 9.90 Å². The van der Waals surface area contributed by atoms with Gasteiger partial charge in [0.05, 0.1) is 18.7 Å². The summed E-state index contributed by atoms with van der Waals surface area (Å²) in [4.78, 5) is 11.6. The third kappa shape index (κ3) is 3.76. The first-order valence-electron chi connectivity index (χ1n) is 6.44. The van der Waals surface area contributed by atoms with Gasteiger partial charge in [-0.25, -0.2) is 0 Å². The van der Waals surface area contributed by atoms with E-state index in [0.29, 0.717) is 6.54 Å². The van der Waals surface area contributed by atoms with Gasteiger partial charge in [0.15, 0.2) is 0 Å². The average molecular weight is 226 g/mol. The van der Waals surface area contributed by atoms with Crippen LogP contribution in [0.1, 0.15) is 38.5 Å². The number of aliphatic hydroxyl groups is 1. The van der Waals surface area contributed by atoms with Crippen molar-refractivity contribution in [2.45, 2.75) is 50.7 Å². The Bertz CT molecular complexity index is 241. The molecule has 16 heavy (non-hydrogen) atoms. The topological polar surface area (TPSA) is 61.4 Å². The van der Waals surface area contributed by atoms with Crippen molar-refractivity contribution in [3.05, 3.63) is 0 Å². The number of hydrogen-bond acceptors (Lipinski definition) is 3. The summed E-state index contributed by atoms with van der Waals surface area (Å²) in [6.45, 7) is 1.35. The van der Waals surface area contributed by atoms with Crippen molar-refractivity contribution in [3.8, 4) is 0 Å². The minimum absolute atomic E-state index is 0.0200. The van der Waals surface area contributed by atoms with E-state index in [-0.39, 0.29) is 18.1 Å². The zero-order chi connectivity index (χ0) is 11.4. The monoisotopic (exact) mass is 226 g/mol. The smallest absolute Gasteiger partial charge is 0.234 e. The molecule has 0 aliphatic heterocycles. The zero-order valence-corrected chi connectivity index (χ0v) is 9.74. The molecule has 2 aliphatic rings. The fraction of sp³-hybridized carbons (Fsp3) is 0.917. The molecule has 4 nitrogen and oxygen atoms in total. The summed E-state index contributed by atoms with van der Waals surface area (Å²) in [7, 11) is 0. The van der Waals surface area contributed by atoms with Gasteiger partial charge in [-0.15, -0.1) is 0 Å². The van der Waals surface area contributed by atoms with Crippen molar-refractivity contribution < 1.29 is 9.90 Å². The molecule has 0 aromatic carbocycles. The zero-order valence-electron chi connectivity index (χ0n) is 9.74. The van der Waals surface area contributed by atoms with Crippen LogP contribution in [0.25, 0.3) is 0 Å². The molecule has 3 N–H and O–H groups in total. The Morgan fingerprint density at radius 1 is 1.19 bits per heavy atom. The van der Waals surface area contributed by atoms with Crippen LogP contribution in [0, 0.1) is 5.92 Å².